The van der Waals surface area contributed by atoms with Crippen LogP contribution in [0.25, 0.3) is 0 Å². The molecule has 0 bridgehead atoms. The number of hydroxylamine groups is 1. The van der Waals surface area contributed by atoms with E-state index in [9.17, 15) is 4.79 Å². The lowest BCUT2D eigenvalue weighted by Crippen LogP contribution is -2.43. The molecule has 2 rings (SSSR count). The van der Waals surface area contributed by atoms with Gasteiger partial charge in [-0.25, -0.2) is 4.79 Å². The molecule has 2 saturated heterocycles. The van der Waals surface area contributed by atoms with Crippen LogP contribution in [-0.4, -0.2) is 31.4 Å². The summed E-state index contributed by atoms with van der Waals surface area (Å²) in [5, 5.41) is 2.69. The molecule has 0 aromatic heterocycles. The number of hydrogen-bond donors (Lipinski definition) is 2. The Balaban J connectivity index is 1.90. The fraction of sp³-hybridized carbons (Fsp3) is 0.833. The molecule has 2 fully saturated rings. The number of hydrogen-bond acceptors (Lipinski definition) is 4. The first-order chi connectivity index (χ1) is 5.36. The topological polar surface area (TPSA) is 59.6 Å². The van der Waals surface area contributed by atoms with Gasteiger partial charge in [0.25, 0.3) is 0 Å². The normalized spacial score (nSPS) is 36.9. The zero-order chi connectivity index (χ0) is 7.68. The first-order valence-electron chi connectivity index (χ1n) is 3.67. The molecule has 0 aromatic carbocycles. The molecule has 2 N–H and O–H groups in total. The van der Waals surface area contributed by atoms with Gasteiger partial charge in [0.2, 0.25) is 0 Å². The molecule has 0 radical (unpaired) electrons. The molecule has 5 heteroatoms. The molecule has 0 spiro atoms. The van der Waals surface area contributed by atoms with Crippen LogP contribution in [0.3, 0.4) is 0 Å². The number of ether oxygens (including phenoxy) is 1. The van der Waals surface area contributed by atoms with E-state index in [4.69, 9.17) is 9.57 Å². The van der Waals surface area contributed by atoms with Gasteiger partial charge >= 0.3 is 6.09 Å². The van der Waals surface area contributed by atoms with Crippen LogP contribution in [0.4, 0.5) is 4.79 Å². The lowest BCUT2D eigenvalue weighted by Gasteiger charge is -2.13. The first kappa shape index (κ1) is 6.87. The fourth-order valence-electron chi connectivity index (χ4n) is 1.31. The summed E-state index contributed by atoms with van der Waals surface area (Å²) in [6.07, 6.45) is 0.595. The average Bonchev–Trinajstić information content (AvgIpc) is 2.55. The molecule has 5 nitrogen and oxygen atoms in total. The summed E-state index contributed by atoms with van der Waals surface area (Å²) in [4.78, 5) is 15.6. The second-order valence-corrected chi connectivity index (χ2v) is 2.71. The third-order valence-corrected chi connectivity index (χ3v) is 1.95. The second kappa shape index (κ2) is 2.67. The minimum absolute atomic E-state index is 0.0741. The van der Waals surface area contributed by atoms with E-state index in [0.717, 1.165) is 6.42 Å². The quantitative estimate of drug-likeness (QED) is 0.534. The molecule has 11 heavy (non-hydrogen) atoms. The van der Waals surface area contributed by atoms with E-state index in [1.165, 1.54) is 0 Å². The van der Waals surface area contributed by atoms with E-state index < -0.39 is 0 Å². The number of nitrogens with one attached hydrogen (secondary N) is 2. The Morgan fingerprint density at radius 2 is 2.36 bits per heavy atom. The Morgan fingerprint density at radius 1 is 1.45 bits per heavy atom. The van der Waals surface area contributed by atoms with Crippen LogP contribution in [0.2, 0.25) is 0 Å². The van der Waals surface area contributed by atoms with Crippen molar-refractivity contribution in [1.82, 2.24) is 10.8 Å². The molecule has 0 aliphatic carbocycles. The Morgan fingerprint density at radius 3 is 2.91 bits per heavy atom. The molecule has 0 saturated carbocycles. The maximum atomic E-state index is 10.6. The van der Waals surface area contributed by atoms with E-state index in [1.54, 1.807) is 0 Å². The lowest BCUT2D eigenvalue weighted by molar-refractivity contribution is 0.0815. The highest BCUT2D eigenvalue weighted by Crippen LogP contribution is 2.10. The van der Waals surface area contributed by atoms with Gasteiger partial charge in [-0.2, -0.15) is 5.48 Å². The van der Waals surface area contributed by atoms with Crippen molar-refractivity contribution in [3.63, 3.8) is 0 Å². The molecular formula is C6H10N2O3. The Labute approximate surface area is 64.0 Å². The summed E-state index contributed by atoms with van der Waals surface area (Å²) in [6, 6.07) is 0.284. The predicted octanol–water partition coefficient (Wildman–Crippen LogP) is -0.612. The van der Waals surface area contributed by atoms with E-state index in [0.29, 0.717) is 13.2 Å². The van der Waals surface area contributed by atoms with E-state index in [2.05, 4.69) is 10.8 Å². The minimum atomic E-state index is -0.330. The SMILES string of the molecule is O=C1NC(C2CCON2)CO1. The summed E-state index contributed by atoms with van der Waals surface area (Å²) >= 11 is 0. The summed E-state index contributed by atoms with van der Waals surface area (Å²) in [6.45, 7) is 1.15. The van der Waals surface area contributed by atoms with Crippen LogP contribution in [-0.2, 0) is 9.57 Å². The summed E-state index contributed by atoms with van der Waals surface area (Å²) in [5.74, 6) is 0. The Bertz CT molecular complexity index is 167. The smallest absolute Gasteiger partial charge is 0.407 e. The number of carbonyl (C=O) groups excluding carboxylic acids is 1. The number of rotatable bonds is 1. The molecule has 1 amide bonds. The van der Waals surface area contributed by atoms with Gasteiger partial charge in [0.05, 0.1) is 18.7 Å². The van der Waals surface area contributed by atoms with Crippen LogP contribution >= 0.6 is 0 Å². The van der Waals surface area contributed by atoms with Gasteiger partial charge in [0, 0.05) is 0 Å². The number of amides is 1. The summed E-state index contributed by atoms with van der Waals surface area (Å²) < 4.78 is 4.73. The number of alkyl carbamates (subject to hydrolysis) is 1. The maximum Gasteiger partial charge on any atom is 0.407 e. The average molecular weight is 158 g/mol. The van der Waals surface area contributed by atoms with Gasteiger partial charge in [-0.3, -0.25) is 0 Å². The predicted molar refractivity (Wildman–Crippen MR) is 35.8 cm³/mol. The molecule has 2 heterocycles. The molecule has 62 valence electrons. The van der Waals surface area contributed by atoms with Gasteiger partial charge in [0.1, 0.15) is 6.61 Å². The third kappa shape index (κ3) is 1.29. The minimum Gasteiger partial charge on any atom is -0.447 e. The van der Waals surface area contributed by atoms with E-state index in [-0.39, 0.29) is 18.2 Å². The van der Waals surface area contributed by atoms with Crippen molar-refractivity contribution in [1.29, 1.82) is 0 Å². The van der Waals surface area contributed by atoms with E-state index in [1.807, 2.05) is 0 Å². The third-order valence-electron chi connectivity index (χ3n) is 1.95. The van der Waals surface area contributed by atoms with Crippen molar-refractivity contribution in [2.24, 2.45) is 0 Å². The van der Waals surface area contributed by atoms with Crippen molar-refractivity contribution in [3.05, 3.63) is 0 Å². The van der Waals surface area contributed by atoms with Gasteiger partial charge in [-0.1, -0.05) is 0 Å². The zero-order valence-corrected chi connectivity index (χ0v) is 6.00. The van der Waals surface area contributed by atoms with Crippen molar-refractivity contribution in [3.8, 4) is 0 Å². The molecule has 2 unspecified atom stereocenters. The number of cyclic esters (lactones) is 1. The van der Waals surface area contributed by atoms with Crippen LogP contribution in [0.5, 0.6) is 0 Å². The van der Waals surface area contributed by atoms with Gasteiger partial charge < -0.3 is 14.9 Å². The van der Waals surface area contributed by atoms with Crippen molar-refractivity contribution >= 4 is 6.09 Å². The highest BCUT2D eigenvalue weighted by molar-refractivity contribution is 5.69. The number of carbonyl (C=O) groups is 1. The van der Waals surface area contributed by atoms with Crippen LogP contribution < -0.4 is 10.8 Å². The van der Waals surface area contributed by atoms with Crippen molar-refractivity contribution < 1.29 is 14.4 Å². The van der Waals surface area contributed by atoms with Crippen LogP contribution in [0.15, 0.2) is 0 Å². The zero-order valence-electron chi connectivity index (χ0n) is 6.00. The largest absolute Gasteiger partial charge is 0.447 e. The van der Waals surface area contributed by atoms with Crippen molar-refractivity contribution in [2.75, 3.05) is 13.2 Å². The maximum absolute atomic E-state index is 10.6. The molecule has 0 aromatic rings. The standard InChI is InChI=1S/C6H10N2O3/c9-6-7-5(3-10-6)4-1-2-11-8-4/h4-5,8H,1-3H2,(H,7,9). The monoisotopic (exact) mass is 158 g/mol. The summed E-state index contributed by atoms with van der Waals surface area (Å²) in [5.41, 5.74) is 2.82. The second-order valence-electron chi connectivity index (χ2n) is 2.71. The molecule has 2 aliphatic rings. The van der Waals surface area contributed by atoms with E-state index >= 15 is 0 Å². The van der Waals surface area contributed by atoms with Gasteiger partial charge in [-0.15, -0.1) is 0 Å². The summed E-state index contributed by atoms with van der Waals surface area (Å²) in [7, 11) is 0. The van der Waals surface area contributed by atoms with Crippen molar-refractivity contribution in [2.45, 2.75) is 18.5 Å². The highest BCUT2D eigenvalue weighted by Gasteiger charge is 2.32. The Kier molecular flexibility index (Phi) is 1.67. The molecule has 2 atom stereocenters. The highest BCUT2D eigenvalue weighted by atomic mass is 16.7. The molecule has 2 aliphatic heterocycles. The lowest BCUT2D eigenvalue weighted by atomic mass is 10.1. The van der Waals surface area contributed by atoms with Crippen LogP contribution in [0.1, 0.15) is 6.42 Å². The van der Waals surface area contributed by atoms with Gasteiger partial charge in [-0.05, 0) is 6.42 Å². The fourth-order valence-corrected chi connectivity index (χ4v) is 1.31. The van der Waals surface area contributed by atoms with Gasteiger partial charge in [0.15, 0.2) is 0 Å². The molecular weight excluding hydrogens is 148 g/mol. The first-order valence-corrected chi connectivity index (χ1v) is 3.67. The van der Waals surface area contributed by atoms with Crippen LogP contribution in [0, 0.1) is 0 Å². The Hall–Kier alpha value is -0.810.